The highest BCUT2D eigenvalue weighted by atomic mass is 32.2. The van der Waals surface area contributed by atoms with Crippen molar-refractivity contribution in [3.05, 3.63) is 54.1 Å². The van der Waals surface area contributed by atoms with Crippen molar-refractivity contribution in [3.63, 3.8) is 0 Å². The van der Waals surface area contributed by atoms with E-state index >= 15 is 0 Å². The molecule has 0 aliphatic rings. The number of aromatic hydroxyl groups is 1. The third-order valence-electron chi connectivity index (χ3n) is 2.79. The van der Waals surface area contributed by atoms with E-state index in [4.69, 9.17) is 9.84 Å². The number of phenols is 1. The summed E-state index contributed by atoms with van der Waals surface area (Å²) in [5.74, 6) is 0.648. The van der Waals surface area contributed by atoms with E-state index < -0.39 is 10.0 Å². The first kappa shape index (κ1) is 14.4. The molecule has 0 amide bonds. The second-order valence-electron chi connectivity index (χ2n) is 4.13. The molecule has 5 nitrogen and oxygen atoms in total. The first-order valence-corrected chi connectivity index (χ1v) is 7.42. The van der Waals surface area contributed by atoms with Gasteiger partial charge in [-0.15, -0.1) is 0 Å². The molecule has 2 N–H and O–H groups in total. The number of para-hydroxylation sites is 1. The molecule has 2 aromatic rings. The fourth-order valence-electron chi connectivity index (χ4n) is 1.73. The van der Waals surface area contributed by atoms with Gasteiger partial charge in [0.1, 0.15) is 11.5 Å². The third-order valence-corrected chi connectivity index (χ3v) is 4.21. The maximum atomic E-state index is 12.1. The molecule has 0 saturated carbocycles. The first-order valence-electron chi connectivity index (χ1n) is 5.93. The molecule has 0 unspecified atom stereocenters. The smallest absolute Gasteiger partial charge is 0.240 e. The lowest BCUT2D eigenvalue weighted by molar-refractivity contribution is 0.409. The second-order valence-corrected chi connectivity index (χ2v) is 5.90. The van der Waals surface area contributed by atoms with Gasteiger partial charge in [-0.3, -0.25) is 0 Å². The van der Waals surface area contributed by atoms with Gasteiger partial charge >= 0.3 is 0 Å². The van der Waals surface area contributed by atoms with Crippen LogP contribution in [-0.4, -0.2) is 20.6 Å². The number of hydrogen-bond donors (Lipinski definition) is 2. The number of sulfonamides is 1. The van der Waals surface area contributed by atoms with Crippen LogP contribution in [0.4, 0.5) is 0 Å². The molecular formula is C14H15NO4S. The Kier molecular flexibility index (Phi) is 4.26. The number of rotatable bonds is 5. The van der Waals surface area contributed by atoms with Gasteiger partial charge in [-0.1, -0.05) is 18.2 Å². The Morgan fingerprint density at radius 2 is 1.75 bits per heavy atom. The summed E-state index contributed by atoms with van der Waals surface area (Å²) in [5.41, 5.74) is 0.748. The average molecular weight is 293 g/mol. The highest BCUT2D eigenvalue weighted by Gasteiger charge is 2.14. The maximum absolute atomic E-state index is 12.1. The van der Waals surface area contributed by atoms with Crippen molar-refractivity contribution < 1.29 is 18.3 Å². The van der Waals surface area contributed by atoms with Gasteiger partial charge in [0, 0.05) is 12.1 Å². The molecule has 6 heteroatoms. The summed E-state index contributed by atoms with van der Waals surface area (Å²) in [7, 11) is -2.08. The van der Waals surface area contributed by atoms with E-state index in [1.54, 1.807) is 12.1 Å². The van der Waals surface area contributed by atoms with E-state index in [-0.39, 0.29) is 17.2 Å². The summed E-state index contributed by atoms with van der Waals surface area (Å²) in [4.78, 5) is 0.102. The van der Waals surface area contributed by atoms with E-state index in [9.17, 15) is 8.42 Å². The van der Waals surface area contributed by atoms with Crippen LogP contribution in [0, 0.1) is 0 Å². The van der Waals surface area contributed by atoms with Crippen molar-refractivity contribution in [1.82, 2.24) is 4.72 Å². The predicted molar refractivity (Wildman–Crippen MR) is 75.1 cm³/mol. The van der Waals surface area contributed by atoms with Crippen LogP contribution >= 0.6 is 0 Å². The molecule has 106 valence electrons. The molecule has 0 atom stereocenters. The van der Waals surface area contributed by atoms with Gasteiger partial charge in [-0.2, -0.15) is 0 Å². The molecule has 0 aliphatic heterocycles. The largest absolute Gasteiger partial charge is 0.508 e. The van der Waals surface area contributed by atoms with Crippen molar-refractivity contribution in [3.8, 4) is 11.5 Å². The van der Waals surface area contributed by atoms with Crippen LogP contribution in [-0.2, 0) is 16.6 Å². The zero-order chi connectivity index (χ0) is 14.6. The van der Waals surface area contributed by atoms with E-state index in [1.807, 2.05) is 12.1 Å². The SMILES string of the molecule is COc1ccccc1CNS(=O)(=O)c1ccc(O)cc1. The maximum Gasteiger partial charge on any atom is 0.240 e. The minimum atomic E-state index is -3.62. The van der Waals surface area contributed by atoms with E-state index in [0.717, 1.165) is 5.56 Å². The Morgan fingerprint density at radius 3 is 2.40 bits per heavy atom. The minimum absolute atomic E-state index is 0.0219. The molecule has 0 radical (unpaired) electrons. The number of nitrogens with one attached hydrogen (secondary N) is 1. The quantitative estimate of drug-likeness (QED) is 0.882. The van der Waals surface area contributed by atoms with Crippen LogP contribution in [0.3, 0.4) is 0 Å². The lowest BCUT2D eigenvalue weighted by Gasteiger charge is -2.10. The van der Waals surface area contributed by atoms with E-state index in [2.05, 4.69) is 4.72 Å². The Bertz CT molecular complexity index is 681. The van der Waals surface area contributed by atoms with Gasteiger partial charge in [0.2, 0.25) is 10.0 Å². The standard InChI is InChI=1S/C14H15NO4S/c1-19-14-5-3-2-4-11(14)10-15-20(17,18)13-8-6-12(16)7-9-13/h2-9,15-16H,10H2,1H3. The monoisotopic (exact) mass is 293 g/mol. The van der Waals surface area contributed by atoms with Gasteiger partial charge in [0.15, 0.2) is 0 Å². The summed E-state index contributed by atoms with van der Waals surface area (Å²) >= 11 is 0. The molecule has 0 spiro atoms. The Morgan fingerprint density at radius 1 is 1.10 bits per heavy atom. The molecule has 20 heavy (non-hydrogen) atoms. The van der Waals surface area contributed by atoms with Gasteiger partial charge in [0.05, 0.1) is 12.0 Å². The van der Waals surface area contributed by atoms with Crippen LogP contribution in [0.25, 0.3) is 0 Å². The van der Waals surface area contributed by atoms with Crippen molar-refractivity contribution in [1.29, 1.82) is 0 Å². The Balaban J connectivity index is 2.15. The normalized spacial score (nSPS) is 11.2. The fraction of sp³-hybridized carbons (Fsp3) is 0.143. The number of benzene rings is 2. The van der Waals surface area contributed by atoms with E-state index in [0.29, 0.717) is 5.75 Å². The van der Waals surface area contributed by atoms with E-state index in [1.165, 1.54) is 31.4 Å². The van der Waals surface area contributed by atoms with Crippen LogP contribution in [0.15, 0.2) is 53.4 Å². The number of hydrogen-bond acceptors (Lipinski definition) is 4. The van der Waals surface area contributed by atoms with Crippen molar-refractivity contribution >= 4 is 10.0 Å². The molecule has 0 saturated heterocycles. The minimum Gasteiger partial charge on any atom is -0.508 e. The molecule has 0 aliphatic carbocycles. The van der Waals surface area contributed by atoms with Gasteiger partial charge in [0.25, 0.3) is 0 Å². The zero-order valence-electron chi connectivity index (χ0n) is 10.9. The van der Waals surface area contributed by atoms with Crippen LogP contribution in [0.5, 0.6) is 11.5 Å². The average Bonchev–Trinajstić information content (AvgIpc) is 2.46. The predicted octanol–water partition coefficient (Wildman–Crippen LogP) is 1.88. The number of phenolic OH excluding ortho intramolecular Hbond substituents is 1. The summed E-state index contributed by atoms with van der Waals surface area (Å²) < 4.78 is 31.8. The lowest BCUT2D eigenvalue weighted by atomic mass is 10.2. The highest BCUT2D eigenvalue weighted by molar-refractivity contribution is 7.89. The molecular weight excluding hydrogens is 278 g/mol. The van der Waals surface area contributed by atoms with Crippen LogP contribution in [0.2, 0.25) is 0 Å². The first-order chi connectivity index (χ1) is 9.53. The molecule has 0 aromatic heterocycles. The lowest BCUT2D eigenvalue weighted by Crippen LogP contribution is -2.23. The van der Waals surface area contributed by atoms with Gasteiger partial charge < -0.3 is 9.84 Å². The fourth-order valence-corrected chi connectivity index (χ4v) is 2.74. The zero-order valence-corrected chi connectivity index (χ0v) is 11.7. The Labute approximate surface area is 117 Å². The third kappa shape index (κ3) is 3.28. The topological polar surface area (TPSA) is 75.6 Å². The van der Waals surface area contributed by atoms with Crippen molar-refractivity contribution in [2.24, 2.45) is 0 Å². The molecule has 0 heterocycles. The van der Waals surface area contributed by atoms with Gasteiger partial charge in [-0.25, -0.2) is 13.1 Å². The van der Waals surface area contributed by atoms with Gasteiger partial charge in [-0.05, 0) is 30.3 Å². The van der Waals surface area contributed by atoms with Crippen molar-refractivity contribution in [2.45, 2.75) is 11.4 Å². The van der Waals surface area contributed by atoms with Crippen molar-refractivity contribution in [2.75, 3.05) is 7.11 Å². The molecule has 2 aromatic carbocycles. The summed E-state index contributed by atoms with van der Waals surface area (Å²) in [6, 6.07) is 12.5. The number of ether oxygens (including phenoxy) is 1. The van der Waals surface area contributed by atoms with Crippen LogP contribution < -0.4 is 9.46 Å². The number of methoxy groups -OCH3 is 1. The second kappa shape index (κ2) is 5.94. The summed E-state index contributed by atoms with van der Waals surface area (Å²) in [6.45, 7) is 0.132. The summed E-state index contributed by atoms with van der Waals surface area (Å²) in [6.07, 6.45) is 0. The molecule has 0 fully saturated rings. The highest BCUT2D eigenvalue weighted by Crippen LogP contribution is 2.19. The molecule has 2 rings (SSSR count). The molecule has 0 bridgehead atoms. The van der Waals surface area contributed by atoms with Crippen LogP contribution in [0.1, 0.15) is 5.56 Å². The Hall–Kier alpha value is -2.05. The summed E-state index contributed by atoms with van der Waals surface area (Å²) in [5, 5.41) is 9.17.